The fourth-order valence-electron chi connectivity index (χ4n) is 3.84. The van der Waals surface area contributed by atoms with Crippen molar-refractivity contribution < 1.29 is 19.4 Å². The molecule has 0 aromatic heterocycles. The molecular weight excluding hydrogens is 412 g/mol. The van der Waals surface area contributed by atoms with Crippen molar-refractivity contribution in [3.8, 4) is 0 Å². The van der Waals surface area contributed by atoms with Gasteiger partial charge in [0.15, 0.2) is 0 Å². The van der Waals surface area contributed by atoms with E-state index < -0.39 is 5.97 Å². The molecular formula is C29H52O4. The molecule has 0 aliphatic heterocycles. The summed E-state index contributed by atoms with van der Waals surface area (Å²) in [6.45, 7) is 4.45. The van der Waals surface area contributed by atoms with Crippen molar-refractivity contribution in [1.29, 1.82) is 0 Å². The fourth-order valence-corrected chi connectivity index (χ4v) is 3.84. The molecule has 192 valence electrons. The average Bonchev–Trinajstić information content (AvgIpc) is 2.79. The van der Waals surface area contributed by atoms with Crippen molar-refractivity contribution in [2.75, 3.05) is 0 Å². The lowest BCUT2D eigenvalue weighted by Gasteiger charge is -2.14. The number of carbonyl (C=O) groups excluding carboxylic acids is 1. The molecule has 4 heteroatoms. The highest BCUT2D eigenvalue weighted by Gasteiger charge is 2.11. The predicted octanol–water partition coefficient (Wildman–Crippen LogP) is 8.94. The first-order valence-corrected chi connectivity index (χ1v) is 13.8. The number of hydrogen-bond acceptors (Lipinski definition) is 3. The highest BCUT2D eigenvalue weighted by molar-refractivity contribution is 5.69. The molecule has 0 amide bonds. The van der Waals surface area contributed by atoms with Crippen LogP contribution in [0, 0.1) is 0 Å². The zero-order chi connectivity index (χ0) is 24.4. The number of carboxylic acid groups (broad SMARTS) is 1. The summed E-state index contributed by atoms with van der Waals surface area (Å²) in [5.74, 6) is -0.816. The van der Waals surface area contributed by atoms with Gasteiger partial charge in [-0.3, -0.25) is 9.59 Å². The quantitative estimate of drug-likeness (QED) is 0.0879. The number of aliphatic carboxylic acids is 1. The van der Waals surface area contributed by atoms with Crippen LogP contribution in [0.3, 0.4) is 0 Å². The van der Waals surface area contributed by atoms with Crippen LogP contribution in [0.5, 0.6) is 0 Å². The molecule has 1 unspecified atom stereocenters. The lowest BCUT2D eigenvalue weighted by molar-refractivity contribution is -0.147. The highest BCUT2D eigenvalue weighted by atomic mass is 16.5. The van der Waals surface area contributed by atoms with Crippen LogP contribution in [0.2, 0.25) is 0 Å². The van der Waals surface area contributed by atoms with Gasteiger partial charge in [-0.05, 0) is 51.0 Å². The van der Waals surface area contributed by atoms with E-state index in [-0.39, 0.29) is 18.5 Å². The number of esters is 1. The lowest BCUT2D eigenvalue weighted by atomic mass is 10.1. The van der Waals surface area contributed by atoms with Gasteiger partial charge in [0.25, 0.3) is 0 Å². The van der Waals surface area contributed by atoms with Gasteiger partial charge in [0.2, 0.25) is 0 Å². The molecule has 1 atom stereocenters. The van der Waals surface area contributed by atoms with Crippen LogP contribution in [0.15, 0.2) is 24.3 Å². The van der Waals surface area contributed by atoms with Crippen LogP contribution < -0.4 is 0 Å². The number of carboxylic acids is 1. The summed E-state index contributed by atoms with van der Waals surface area (Å²) in [5, 5.41) is 8.74. The Hall–Kier alpha value is -1.58. The van der Waals surface area contributed by atoms with Crippen molar-refractivity contribution in [1.82, 2.24) is 0 Å². The molecule has 0 rings (SSSR count). The molecule has 0 saturated carbocycles. The van der Waals surface area contributed by atoms with E-state index in [1.54, 1.807) is 0 Å². The van der Waals surface area contributed by atoms with Crippen LogP contribution in [-0.2, 0) is 14.3 Å². The summed E-state index contributed by atoms with van der Waals surface area (Å²) >= 11 is 0. The van der Waals surface area contributed by atoms with Gasteiger partial charge in [0, 0.05) is 12.8 Å². The van der Waals surface area contributed by atoms with Crippen LogP contribution >= 0.6 is 0 Å². The first-order chi connectivity index (χ1) is 16.1. The van der Waals surface area contributed by atoms with Crippen molar-refractivity contribution in [3.05, 3.63) is 24.3 Å². The molecule has 0 aliphatic carbocycles. The number of hydrogen-bond donors (Lipinski definition) is 1. The van der Waals surface area contributed by atoms with E-state index in [9.17, 15) is 9.59 Å². The Morgan fingerprint density at radius 3 is 1.94 bits per heavy atom. The van der Waals surface area contributed by atoms with Gasteiger partial charge in [-0.1, -0.05) is 103 Å². The summed E-state index contributed by atoms with van der Waals surface area (Å²) in [6.07, 6.45) is 29.1. The average molecular weight is 465 g/mol. The third-order valence-electron chi connectivity index (χ3n) is 5.91. The molecule has 0 spiro atoms. The van der Waals surface area contributed by atoms with Gasteiger partial charge < -0.3 is 9.84 Å². The third-order valence-corrected chi connectivity index (χ3v) is 5.91. The zero-order valence-electron chi connectivity index (χ0n) is 21.7. The number of rotatable bonds is 24. The second kappa shape index (κ2) is 25.1. The summed E-state index contributed by atoms with van der Waals surface area (Å²) in [5.41, 5.74) is 0. The number of carbonyl (C=O) groups is 2. The standard InChI is InChI=1S/C29H52O4/c1-3-5-7-9-11-12-14-15-19-23-27(24-20-17-18-21-25-28(30)31)33-29(32)26-22-16-13-10-8-6-4-2/h12,14,19,23,27H,3-11,13,15-18,20-22,24-26H2,1-2H3,(H,30,31)/b14-12-,23-19-. The number of unbranched alkanes of at least 4 members (excludes halogenated alkanes) is 13. The zero-order valence-corrected chi connectivity index (χ0v) is 21.7. The SMILES string of the molecule is CCCCCC/C=C\C/C=C\C(CCCCCCC(=O)O)OC(=O)CCCCCCCCC. The van der Waals surface area contributed by atoms with E-state index in [0.29, 0.717) is 6.42 Å². The van der Waals surface area contributed by atoms with Crippen molar-refractivity contribution >= 4 is 11.9 Å². The summed E-state index contributed by atoms with van der Waals surface area (Å²) in [4.78, 5) is 22.9. The Morgan fingerprint density at radius 2 is 1.27 bits per heavy atom. The van der Waals surface area contributed by atoms with E-state index in [4.69, 9.17) is 9.84 Å². The van der Waals surface area contributed by atoms with Gasteiger partial charge in [-0.2, -0.15) is 0 Å². The summed E-state index contributed by atoms with van der Waals surface area (Å²) < 4.78 is 5.77. The second-order valence-corrected chi connectivity index (χ2v) is 9.23. The normalized spacial score (nSPS) is 12.5. The highest BCUT2D eigenvalue weighted by Crippen LogP contribution is 2.14. The topological polar surface area (TPSA) is 63.6 Å². The van der Waals surface area contributed by atoms with E-state index in [0.717, 1.165) is 57.8 Å². The Labute approximate surface area is 204 Å². The van der Waals surface area contributed by atoms with Crippen molar-refractivity contribution in [3.63, 3.8) is 0 Å². The number of allylic oxidation sites excluding steroid dienone is 3. The van der Waals surface area contributed by atoms with Crippen LogP contribution in [-0.4, -0.2) is 23.1 Å². The van der Waals surface area contributed by atoms with Crippen molar-refractivity contribution in [2.24, 2.45) is 0 Å². The van der Waals surface area contributed by atoms with E-state index >= 15 is 0 Å². The molecule has 1 N–H and O–H groups in total. The monoisotopic (exact) mass is 464 g/mol. The summed E-state index contributed by atoms with van der Waals surface area (Å²) in [7, 11) is 0. The predicted molar refractivity (Wildman–Crippen MR) is 139 cm³/mol. The first-order valence-electron chi connectivity index (χ1n) is 13.8. The minimum Gasteiger partial charge on any atom is -0.481 e. The summed E-state index contributed by atoms with van der Waals surface area (Å²) in [6, 6.07) is 0. The first kappa shape index (κ1) is 31.4. The number of ether oxygens (including phenoxy) is 1. The molecule has 0 fully saturated rings. The molecule has 0 saturated heterocycles. The second-order valence-electron chi connectivity index (χ2n) is 9.23. The van der Waals surface area contributed by atoms with Gasteiger partial charge in [0.05, 0.1) is 0 Å². The van der Waals surface area contributed by atoms with Gasteiger partial charge in [-0.25, -0.2) is 0 Å². The molecule has 0 radical (unpaired) electrons. The van der Waals surface area contributed by atoms with Crippen LogP contribution in [0.1, 0.15) is 142 Å². The van der Waals surface area contributed by atoms with Crippen LogP contribution in [0.25, 0.3) is 0 Å². The van der Waals surface area contributed by atoms with E-state index in [1.165, 1.54) is 57.8 Å². The molecule has 0 aromatic rings. The minimum atomic E-state index is -0.728. The Kier molecular flexibility index (Phi) is 23.9. The molecule has 0 aromatic carbocycles. The van der Waals surface area contributed by atoms with E-state index in [1.807, 2.05) is 6.08 Å². The van der Waals surface area contributed by atoms with Crippen molar-refractivity contribution in [2.45, 2.75) is 148 Å². The Balaban J connectivity index is 4.25. The third kappa shape index (κ3) is 24.9. The fraction of sp³-hybridized carbons (Fsp3) is 0.793. The maximum atomic E-state index is 12.3. The molecule has 4 nitrogen and oxygen atoms in total. The molecule has 33 heavy (non-hydrogen) atoms. The largest absolute Gasteiger partial charge is 0.481 e. The maximum absolute atomic E-state index is 12.3. The van der Waals surface area contributed by atoms with E-state index in [2.05, 4.69) is 32.1 Å². The lowest BCUT2D eigenvalue weighted by Crippen LogP contribution is -2.16. The molecule has 0 aliphatic rings. The molecule has 0 bridgehead atoms. The Bertz CT molecular complexity index is 510. The van der Waals surface area contributed by atoms with Crippen LogP contribution in [0.4, 0.5) is 0 Å². The smallest absolute Gasteiger partial charge is 0.306 e. The van der Waals surface area contributed by atoms with Gasteiger partial charge in [0.1, 0.15) is 6.10 Å². The van der Waals surface area contributed by atoms with Gasteiger partial charge >= 0.3 is 11.9 Å². The van der Waals surface area contributed by atoms with Gasteiger partial charge in [-0.15, -0.1) is 0 Å². The minimum absolute atomic E-state index is 0.0875. The molecule has 0 heterocycles. The maximum Gasteiger partial charge on any atom is 0.306 e. The Morgan fingerprint density at radius 1 is 0.697 bits per heavy atom.